The minimum absolute atomic E-state index is 0.0304. The second-order valence-electron chi connectivity index (χ2n) is 8.61. The number of morpholine rings is 1. The smallest absolute Gasteiger partial charge is 0.300 e. The van der Waals surface area contributed by atoms with Crippen LogP contribution in [-0.4, -0.2) is 98.3 Å². The van der Waals surface area contributed by atoms with Crippen LogP contribution in [0.25, 0.3) is 11.4 Å². The van der Waals surface area contributed by atoms with Crippen molar-refractivity contribution in [3.05, 3.63) is 30.7 Å². The van der Waals surface area contributed by atoms with Crippen molar-refractivity contribution in [2.24, 2.45) is 0 Å². The number of carbonyl (C=O) groups is 3. The summed E-state index contributed by atoms with van der Waals surface area (Å²) in [4.78, 5) is 42.7. The predicted molar refractivity (Wildman–Crippen MR) is 129 cm³/mol. The SMILES string of the molecule is CC(=O)O.CC(=O)O.CN(C)C(=O)C[C@H]1CN2C[C@H](n3ccnc3-c3ccnc(N)c3)C[C@H]2CO1. The van der Waals surface area contributed by atoms with Gasteiger partial charge in [0.05, 0.1) is 19.1 Å². The van der Waals surface area contributed by atoms with Gasteiger partial charge in [0.2, 0.25) is 5.91 Å². The maximum absolute atomic E-state index is 12.0. The highest BCUT2D eigenvalue weighted by Gasteiger charge is 2.39. The molecule has 2 aromatic heterocycles. The third kappa shape index (κ3) is 8.65. The molecule has 2 aromatic rings. The summed E-state index contributed by atoms with van der Waals surface area (Å²) in [6, 6.07) is 4.50. The molecule has 4 N–H and O–H groups in total. The molecule has 2 aliphatic heterocycles. The van der Waals surface area contributed by atoms with Crippen molar-refractivity contribution in [1.29, 1.82) is 0 Å². The molecule has 0 saturated carbocycles. The van der Waals surface area contributed by atoms with Gasteiger partial charge in [-0.25, -0.2) is 9.97 Å². The molecular weight excluding hydrogens is 456 g/mol. The first-order valence-electron chi connectivity index (χ1n) is 11.2. The lowest BCUT2D eigenvalue weighted by atomic mass is 10.1. The molecule has 35 heavy (non-hydrogen) atoms. The number of hydrogen-bond acceptors (Lipinski definition) is 8. The van der Waals surface area contributed by atoms with E-state index >= 15 is 0 Å². The van der Waals surface area contributed by atoms with Crippen LogP contribution in [-0.2, 0) is 19.1 Å². The first-order chi connectivity index (χ1) is 16.5. The Hall–Kier alpha value is -3.51. The lowest BCUT2D eigenvalue weighted by Gasteiger charge is -2.35. The highest BCUT2D eigenvalue weighted by atomic mass is 16.5. The van der Waals surface area contributed by atoms with Crippen molar-refractivity contribution in [2.75, 3.05) is 39.5 Å². The molecular formula is C23H34N6O6. The molecule has 0 bridgehead atoms. The average molecular weight is 491 g/mol. The van der Waals surface area contributed by atoms with Crippen molar-refractivity contribution >= 4 is 23.7 Å². The molecule has 3 atom stereocenters. The zero-order valence-corrected chi connectivity index (χ0v) is 20.5. The summed E-state index contributed by atoms with van der Waals surface area (Å²) in [7, 11) is 3.57. The van der Waals surface area contributed by atoms with Gasteiger partial charge in [0.25, 0.3) is 11.9 Å². The monoisotopic (exact) mass is 490 g/mol. The van der Waals surface area contributed by atoms with E-state index in [-0.39, 0.29) is 12.0 Å². The van der Waals surface area contributed by atoms with Gasteiger partial charge in [-0.15, -0.1) is 0 Å². The van der Waals surface area contributed by atoms with Crippen molar-refractivity contribution in [1.82, 2.24) is 24.3 Å². The molecule has 2 fully saturated rings. The zero-order chi connectivity index (χ0) is 26.1. The van der Waals surface area contributed by atoms with Gasteiger partial charge >= 0.3 is 0 Å². The predicted octanol–water partition coefficient (Wildman–Crippen LogP) is 1.20. The fourth-order valence-electron chi connectivity index (χ4n) is 4.04. The van der Waals surface area contributed by atoms with Crippen molar-refractivity contribution < 1.29 is 29.3 Å². The number of nitrogen functional groups attached to an aromatic ring is 1. The molecule has 12 nitrogen and oxygen atoms in total. The lowest BCUT2D eigenvalue weighted by Crippen LogP contribution is -2.47. The number of aromatic nitrogens is 3. The van der Waals surface area contributed by atoms with Crippen LogP contribution in [0.5, 0.6) is 0 Å². The van der Waals surface area contributed by atoms with Gasteiger partial charge < -0.3 is 30.2 Å². The Morgan fingerprint density at radius 2 is 1.77 bits per heavy atom. The highest BCUT2D eigenvalue weighted by Crippen LogP contribution is 2.34. The number of hydrogen-bond donors (Lipinski definition) is 3. The Morgan fingerprint density at radius 3 is 2.37 bits per heavy atom. The van der Waals surface area contributed by atoms with Gasteiger partial charge in [-0.2, -0.15) is 0 Å². The lowest BCUT2D eigenvalue weighted by molar-refractivity contribution is -0.135. The van der Waals surface area contributed by atoms with Gasteiger partial charge in [-0.3, -0.25) is 19.3 Å². The Balaban J connectivity index is 0.000000473. The van der Waals surface area contributed by atoms with Crippen LogP contribution >= 0.6 is 0 Å². The number of rotatable bonds is 4. The molecule has 4 heterocycles. The molecule has 1 amide bonds. The van der Waals surface area contributed by atoms with Crippen molar-refractivity contribution in [3.63, 3.8) is 0 Å². The van der Waals surface area contributed by atoms with E-state index in [1.165, 1.54) is 0 Å². The molecule has 0 aliphatic carbocycles. The minimum Gasteiger partial charge on any atom is -0.481 e. The van der Waals surface area contributed by atoms with Crippen LogP contribution in [0, 0.1) is 0 Å². The molecule has 192 valence electrons. The number of nitrogens with two attached hydrogens (primary N) is 1. The summed E-state index contributed by atoms with van der Waals surface area (Å²) in [5, 5.41) is 14.8. The highest BCUT2D eigenvalue weighted by molar-refractivity contribution is 5.76. The van der Waals surface area contributed by atoms with Gasteiger partial charge in [0.15, 0.2) is 0 Å². The second-order valence-corrected chi connectivity index (χ2v) is 8.61. The average Bonchev–Trinajstić information content (AvgIpc) is 3.39. The number of anilines is 1. The molecule has 0 aromatic carbocycles. The van der Waals surface area contributed by atoms with Gasteiger partial charge in [0.1, 0.15) is 11.6 Å². The Labute approximate surface area is 204 Å². The van der Waals surface area contributed by atoms with Crippen molar-refractivity contribution in [3.8, 4) is 11.4 Å². The summed E-state index contributed by atoms with van der Waals surface area (Å²) in [6.45, 7) is 4.58. The number of imidazole rings is 1. The molecule has 0 radical (unpaired) electrons. The summed E-state index contributed by atoms with van der Waals surface area (Å²) in [6.07, 6.45) is 6.99. The standard InChI is InChI=1S/C19H26N6O2.2C2H4O2/c1-23(2)18(26)9-16-11-24-10-14(8-15(24)12-27-16)25-6-5-22-19(25)13-3-4-21-17(20)7-13;2*1-2(3)4/h3-7,14-16H,8-12H2,1-2H3,(H2,20,21);2*1H3,(H,3,4)/t14-,15+,16+;;/m1../s1. The maximum atomic E-state index is 12.0. The van der Waals surface area contributed by atoms with E-state index in [1.807, 2.05) is 24.5 Å². The minimum atomic E-state index is -0.833. The number of amides is 1. The molecule has 0 unspecified atom stereocenters. The van der Waals surface area contributed by atoms with Gasteiger partial charge in [-0.1, -0.05) is 0 Å². The van der Waals surface area contributed by atoms with Crippen LogP contribution in [0.1, 0.15) is 32.7 Å². The summed E-state index contributed by atoms with van der Waals surface area (Å²) in [5.74, 6) is -0.150. The van der Waals surface area contributed by atoms with E-state index in [1.54, 1.807) is 25.2 Å². The molecule has 2 saturated heterocycles. The van der Waals surface area contributed by atoms with Crippen LogP contribution < -0.4 is 5.73 Å². The summed E-state index contributed by atoms with van der Waals surface area (Å²) < 4.78 is 8.20. The van der Waals surface area contributed by atoms with Crippen LogP contribution in [0.15, 0.2) is 30.7 Å². The number of carboxylic acid groups (broad SMARTS) is 2. The fourth-order valence-corrected chi connectivity index (χ4v) is 4.04. The van der Waals surface area contributed by atoms with Crippen LogP contribution in [0.3, 0.4) is 0 Å². The van der Waals surface area contributed by atoms with E-state index in [4.69, 9.17) is 30.3 Å². The number of ether oxygens (including phenoxy) is 1. The maximum Gasteiger partial charge on any atom is 0.300 e. The Morgan fingerprint density at radius 1 is 1.11 bits per heavy atom. The Kier molecular flexibility index (Phi) is 10.2. The molecule has 12 heteroatoms. The first kappa shape index (κ1) is 27.7. The quantitative estimate of drug-likeness (QED) is 0.567. The number of fused-ring (bicyclic) bond motifs is 1. The second kappa shape index (κ2) is 12.8. The number of carboxylic acids is 2. The number of pyridine rings is 1. The topological polar surface area (TPSA) is 164 Å². The normalized spacial score (nSPS) is 21.0. The third-order valence-electron chi connectivity index (χ3n) is 5.47. The van der Waals surface area contributed by atoms with E-state index in [9.17, 15) is 4.79 Å². The first-order valence-corrected chi connectivity index (χ1v) is 11.2. The summed E-state index contributed by atoms with van der Waals surface area (Å²) in [5.41, 5.74) is 6.81. The largest absolute Gasteiger partial charge is 0.481 e. The van der Waals surface area contributed by atoms with Crippen LogP contribution in [0.4, 0.5) is 5.82 Å². The Bertz CT molecular complexity index is 990. The number of nitrogens with zero attached hydrogens (tertiary/aromatic N) is 5. The van der Waals surface area contributed by atoms with Crippen LogP contribution in [0.2, 0.25) is 0 Å². The number of aliphatic carboxylic acids is 2. The van der Waals surface area contributed by atoms with Crippen molar-refractivity contribution in [2.45, 2.75) is 44.9 Å². The fraction of sp³-hybridized carbons (Fsp3) is 0.522. The van der Waals surface area contributed by atoms with E-state index < -0.39 is 11.9 Å². The van der Waals surface area contributed by atoms with E-state index in [0.717, 1.165) is 44.7 Å². The molecule has 0 spiro atoms. The zero-order valence-electron chi connectivity index (χ0n) is 20.5. The molecule has 4 rings (SSSR count). The summed E-state index contributed by atoms with van der Waals surface area (Å²) >= 11 is 0. The van der Waals surface area contributed by atoms with E-state index in [2.05, 4.69) is 19.4 Å². The number of carbonyl (C=O) groups excluding carboxylic acids is 1. The molecule has 2 aliphatic rings. The van der Waals surface area contributed by atoms with E-state index in [0.29, 0.717) is 30.9 Å². The van der Waals surface area contributed by atoms with Gasteiger partial charge in [0, 0.05) is 77.3 Å². The van der Waals surface area contributed by atoms with Gasteiger partial charge in [-0.05, 0) is 18.6 Å². The third-order valence-corrected chi connectivity index (χ3v) is 5.47.